The predicted octanol–water partition coefficient (Wildman–Crippen LogP) is 4.93. The van der Waals surface area contributed by atoms with Crippen molar-refractivity contribution >= 4 is 21.7 Å². The van der Waals surface area contributed by atoms with Gasteiger partial charge in [-0.2, -0.15) is 0 Å². The smallest absolute Gasteiger partial charge is 0.125 e. The highest BCUT2D eigenvalue weighted by atomic mass is 79.9. The lowest BCUT2D eigenvalue weighted by atomic mass is 9.96. The molecule has 1 heterocycles. The van der Waals surface area contributed by atoms with Gasteiger partial charge in [0.15, 0.2) is 0 Å². The van der Waals surface area contributed by atoms with Crippen molar-refractivity contribution in [2.45, 2.75) is 33.1 Å². The van der Waals surface area contributed by atoms with Crippen molar-refractivity contribution < 1.29 is 0 Å². The van der Waals surface area contributed by atoms with E-state index in [-0.39, 0.29) is 0 Å². The first-order chi connectivity index (χ1) is 9.56. The van der Waals surface area contributed by atoms with Crippen LogP contribution in [0.2, 0.25) is 0 Å². The van der Waals surface area contributed by atoms with E-state index in [9.17, 15) is 0 Å². The summed E-state index contributed by atoms with van der Waals surface area (Å²) < 4.78 is 1.00. The standard InChI is InChI=1S/C17H21BrN2/c1-12(2)14-5-4-13(3)15(10-14)8-9-19-17-7-6-16(18)11-20-17/h4-7,10-12H,8-9H2,1-3H3,(H,19,20). The Balaban J connectivity index is 1.96. The van der Waals surface area contributed by atoms with Gasteiger partial charge in [-0.05, 0) is 64.0 Å². The molecule has 0 saturated carbocycles. The Kier molecular flexibility index (Phi) is 5.18. The van der Waals surface area contributed by atoms with Gasteiger partial charge < -0.3 is 5.32 Å². The van der Waals surface area contributed by atoms with Gasteiger partial charge in [0.2, 0.25) is 0 Å². The van der Waals surface area contributed by atoms with Gasteiger partial charge in [-0.15, -0.1) is 0 Å². The number of pyridine rings is 1. The Hall–Kier alpha value is -1.35. The average Bonchev–Trinajstić information content (AvgIpc) is 2.43. The fraction of sp³-hybridized carbons (Fsp3) is 0.353. The third-order valence-electron chi connectivity index (χ3n) is 3.47. The van der Waals surface area contributed by atoms with Crippen molar-refractivity contribution in [3.63, 3.8) is 0 Å². The summed E-state index contributed by atoms with van der Waals surface area (Å²) in [6, 6.07) is 10.8. The molecular weight excluding hydrogens is 312 g/mol. The second-order valence-corrected chi connectivity index (χ2v) is 6.29. The van der Waals surface area contributed by atoms with Gasteiger partial charge in [0, 0.05) is 17.2 Å². The van der Waals surface area contributed by atoms with Crippen LogP contribution in [0, 0.1) is 6.92 Å². The van der Waals surface area contributed by atoms with E-state index in [1.807, 2.05) is 18.3 Å². The van der Waals surface area contributed by atoms with Gasteiger partial charge in [0.1, 0.15) is 5.82 Å². The van der Waals surface area contributed by atoms with E-state index in [4.69, 9.17) is 0 Å². The number of anilines is 1. The highest BCUT2D eigenvalue weighted by molar-refractivity contribution is 9.10. The minimum absolute atomic E-state index is 0.579. The van der Waals surface area contributed by atoms with Crippen LogP contribution in [-0.4, -0.2) is 11.5 Å². The predicted molar refractivity (Wildman–Crippen MR) is 89.4 cm³/mol. The minimum atomic E-state index is 0.579. The van der Waals surface area contributed by atoms with Crippen LogP contribution >= 0.6 is 15.9 Å². The molecule has 0 spiro atoms. The molecule has 0 atom stereocenters. The van der Waals surface area contributed by atoms with Crippen LogP contribution in [0.25, 0.3) is 0 Å². The van der Waals surface area contributed by atoms with Gasteiger partial charge >= 0.3 is 0 Å². The number of halogens is 1. The number of hydrogen-bond acceptors (Lipinski definition) is 2. The number of aryl methyl sites for hydroxylation is 1. The average molecular weight is 333 g/mol. The summed E-state index contributed by atoms with van der Waals surface area (Å²) in [5.41, 5.74) is 4.19. The minimum Gasteiger partial charge on any atom is -0.370 e. The van der Waals surface area contributed by atoms with E-state index in [0.29, 0.717) is 5.92 Å². The van der Waals surface area contributed by atoms with Crippen molar-refractivity contribution in [2.75, 3.05) is 11.9 Å². The number of aromatic nitrogens is 1. The van der Waals surface area contributed by atoms with Crippen LogP contribution in [0.5, 0.6) is 0 Å². The maximum atomic E-state index is 4.32. The van der Waals surface area contributed by atoms with Gasteiger partial charge in [-0.25, -0.2) is 4.98 Å². The molecule has 0 aliphatic carbocycles. The highest BCUT2D eigenvalue weighted by Gasteiger charge is 2.04. The first-order valence-electron chi connectivity index (χ1n) is 7.01. The molecule has 106 valence electrons. The second-order valence-electron chi connectivity index (χ2n) is 5.38. The Morgan fingerprint density at radius 3 is 2.65 bits per heavy atom. The third-order valence-corrected chi connectivity index (χ3v) is 3.94. The van der Waals surface area contributed by atoms with Gasteiger partial charge in [-0.1, -0.05) is 32.0 Å². The Morgan fingerprint density at radius 1 is 1.20 bits per heavy atom. The first-order valence-corrected chi connectivity index (χ1v) is 7.80. The van der Waals surface area contributed by atoms with Crippen LogP contribution in [0.3, 0.4) is 0 Å². The molecule has 0 bridgehead atoms. The maximum Gasteiger partial charge on any atom is 0.125 e. The Morgan fingerprint density at radius 2 is 2.00 bits per heavy atom. The molecule has 0 amide bonds. The van der Waals surface area contributed by atoms with Gasteiger partial charge in [-0.3, -0.25) is 0 Å². The molecule has 0 saturated heterocycles. The fourth-order valence-corrected chi connectivity index (χ4v) is 2.36. The zero-order chi connectivity index (χ0) is 14.5. The zero-order valence-corrected chi connectivity index (χ0v) is 13.9. The molecule has 0 fully saturated rings. The normalized spacial score (nSPS) is 10.8. The number of nitrogens with zero attached hydrogens (tertiary/aromatic N) is 1. The summed E-state index contributed by atoms with van der Waals surface area (Å²) in [6.45, 7) is 7.55. The molecule has 2 nitrogen and oxygen atoms in total. The Labute approximate surface area is 129 Å². The third kappa shape index (κ3) is 4.07. The molecule has 1 N–H and O–H groups in total. The lowest BCUT2D eigenvalue weighted by Gasteiger charge is -2.12. The van der Waals surface area contributed by atoms with Crippen molar-refractivity contribution in [2.24, 2.45) is 0 Å². The fourth-order valence-electron chi connectivity index (χ4n) is 2.13. The largest absolute Gasteiger partial charge is 0.370 e. The van der Waals surface area contributed by atoms with Crippen molar-refractivity contribution in [1.82, 2.24) is 4.98 Å². The van der Waals surface area contributed by atoms with E-state index in [1.165, 1.54) is 16.7 Å². The lowest BCUT2D eigenvalue weighted by molar-refractivity contribution is 0.858. The van der Waals surface area contributed by atoms with Crippen molar-refractivity contribution in [3.05, 3.63) is 57.7 Å². The van der Waals surface area contributed by atoms with Crippen LogP contribution in [-0.2, 0) is 6.42 Å². The van der Waals surface area contributed by atoms with E-state index >= 15 is 0 Å². The zero-order valence-electron chi connectivity index (χ0n) is 12.3. The monoisotopic (exact) mass is 332 g/mol. The number of rotatable bonds is 5. The molecule has 0 unspecified atom stereocenters. The van der Waals surface area contributed by atoms with E-state index in [0.717, 1.165) is 23.3 Å². The summed E-state index contributed by atoms with van der Waals surface area (Å²) in [5, 5.41) is 3.36. The molecule has 0 aliphatic rings. The SMILES string of the molecule is Cc1ccc(C(C)C)cc1CCNc1ccc(Br)cn1. The molecule has 2 aromatic rings. The van der Waals surface area contributed by atoms with Crippen molar-refractivity contribution in [3.8, 4) is 0 Å². The maximum absolute atomic E-state index is 4.32. The highest BCUT2D eigenvalue weighted by Crippen LogP contribution is 2.19. The van der Waals surface area contributed by atoms with E-state index < -0.39 is 0 Å². The second kappa shape index (κ2) is 6.89. The summed E-state index contributed by atoms with van der Waals surface area (Å²) in [4.78, 5) is 4.32. The first kappa shape index (κ1) is 15.0. The Bertz CT molecular complexity index is 562. The quantitative estimate of drug-likeness (QED) is 0.839. The summed E-state index contributed by atoms with van der Waals surface area (Å²) >= 11 is 3.39. The molecular formula is C17H21BrN2. The number of hydrogen-bond donors (Lipinski definition) is 1. The van der Waals surface area contributed by atoms with Crippen LogP contribution in [0.4, 0.5) is 5.82 Å². The molecule has 0 aliphatic heterocycles. The molecule has 3 heteroatoms. The van der Waals surface area contributed by atoms with E-state index in [2.05, 4.69) is 65.2 Å². The molecule has 20 heavy (non-hydrogen) atoms. The van der Waals surface area contributed by atoms with E-state index in [1.54, 1.807) is 0 Å². The van der Waals surface area contributed by atoms with Crippen LogP contribution in [0.1, 0.15) is 36.5 Å². The van der Waals surface area contributed by atoms with Gasteiger partial charge in [0.05, 0.1) is 0 Å². The van der Waals surface area contributed by atoms with Crippen LogP contribution < -0.4 is 5.32 Å². The molecule has 2 rings (SSSR count). The van der Waals surface area contributed by atoms with Gasteiger partial charge in [0.25, 0.3) is 0 Å². The summed E-state index contributed by atoms with van der Waals surface area (Å²) in [6.07, 6.45) is 2.83. The molecule has 0 radical (unpaired) electrons. The van der Waals surface area contributed by atoms with Crippen LogP contribution in [0.15, 0.2) is 41.0 Å². The number of nitrogens with one attached hydrogen (secondary N) is 1. The molecule has 1 aromatic carbocycles. The number of benzene rings is 1. The summed E-state index contributed by atoms with van der Waals surface area (Å²) in [5.74, 6) is 1.50. The molecule has 1 aromatic heterocycles. The topological polar surface area (TPSA) is 24.9 Å². The lowest BCUT2D eigenvalue weighted by Crippen LogP contribution is -2.07. The van der Waals surface area contributed by atoms with Crippen molar-refractivity contribution in [1.29, 1.82) is 0 Å². The summed E-state index contributed by atoms with van der Waals surface area (Å²) in [7, 11) is 0.